The van der Waals surface area contributed by atoms with Crippen molar-refractivity contribution in [2.45, 2.75) is 11.1 Å². The zero-order valence-corrected chi connectivity index (χ0v) is 10.3. The number of carboxylic acid groups (broad SMARTS) is 1. The zero-order chi connectivity index (χ0) is 14.3. The van der Waals surface area contributed by atoms with Crippen molar-refractivity contribution in [3.05, 3.63) is 28.3 Å². The van der Waals surface area contributed by atoms with Crippen molar-refractivity contribution in [3.8, 4) is 0 Å². The molecule has 4 nitrogen and oxygen atoms in total. The predicted molar refractivity (Wildman–Crippen MR) is 56.5 cm³/mol. The van der Waals surface area contributed by atoms with Crippen molar-refractivity contribution < 1.29 is 31.5 Å². The van der Waals surface area contributed by atoms with Gasteiger partial charge in [-0.05, 0) is 12.1 Å². The highest BCUT2D eigenvalue weighted by Gasteiger charge is 2.38. The molecule has 0 aliphatic carbocycles. The molecule has 1 aromatic carbocycles. The molecule has 0 aliphatic heterocycles. The Hall–Kier alpha value is -1.28. The van der Waals surface area contributed by atoms with Crippen LogP contribution in [0.2, 0.25) is 5.02 Å². The van der Waals surface area contributed by atoms with Crippen LogP contribution in [-0.4, -0.2) is 25.7 Å². The molecule has 9 heteroatoms. The Morgan fingerprint density at radius 1 is 1.33 bits per heavy atom. The molecule has 0 aromatic heterocycles. The molecule has 18 heavy (non-hydrogen) atoms. The van der Waals surface area contributed by atoms with E-state index in [-0.39, 0.29) is 0 Å². The van der Waals surface area contributed by atoms with Gasteiger partial charge in [0.1, 0.15) is 0 Å². The first-order valence-electron chi connectivity index (χ1n) is 4.29. The van der Waals surface area contributed by atoms with E-state index in [1.165, 1.54) is 0 Å². The maximum atomic E-state index is 12.6. The molecule has 0 amide bonds. The highest BCUT2D eigenvalue weighted by atomic mass is 35.5. The molecule has 100 valence electrons. The molecule has 0 atom stereocenters. The summed E-state index contributed by atoms with van der Waals surface area (Å²) >= 11 is 5.44. The minimum absolute atomic E-state index is 0.381. The molecule has 0 aliphatic rings. The van der Waals surface area contributed by atoms with E-state index in [1.807, 2.05) is 0 Å². The van der Waals surface area contributed by atoms with Crippen LogP contribution in [0.15, 0.2) is 17.0 Å². The fourth-order valence-corrected chi connectivity index (χ4v) is 2.99. The van der Waals surface area contributed by atoms with Crippen LogP contribution in [-0.2, 0) is 16.0 Å². The van der Waals surface area contributed by atoms with Crippen LogP contribution in [0.4, 0.5) is 13.2 Å². The summed E-state index contributed by atoms with van der Waals surface area (Å²) in [4.78, 5) is 9.48. The van der Waals surface area contributed by atoms with E-state index in [0.717, 1.165) is 0 Å². The molecule has 1 aromatic rings. The van der Waals surface area contributed by atoms with Crippen molar-refractivity contribution >= 4 is 27.4 Å². The predicted octanol–water partition coefficient (Wildman–Crippen LogP) is 2.46. The fraction of sp³-hybridized carbons (Fsp3) is 0.222. The lowest BCUT2D eigenvalue weighted by atomic mass is 10.1. The van der Waals surface area contributed by atoms with E-state index in [0.29, 0.717) is 18.4 Å². The molecule has 0 saturated heterocycles. The van der Waals surface area contributed by atoms with Crippen molar-refractivity contribution in [2.75, 3.05) is 6.26 Å². The van der Waals surface area contributed by atoms with E-state index in [2.05, 4.69) is 0 Å². The summed E-state index contributed by atoms with van der Waals surface area (Å²) in [7, 11) is -4.32. The van der Waals surface area contributed by atoms with Crippen LogP contribution in [0.1, 0.15) is 15.9 Å². The Kier molecular flexibility index (Phi) is 3.64. The van der Waals surface area contributed by atoms with Crippen LogP contribution >= 0.6 is 11.6 Å². The first-order valence-corrected chi connectivity index (χ1v) is 6.56. The SMILES string of the molecule is CS(=O)(=O)c1c(C(F)(F)F)ccc(C(=O)O)c1Cl. The number of alkyl halides is 3. The van der Waals surface area contributed by atoms with Crippen LogP contribution < -0.4 is 0 Å². The summed E-state index contributed by atoms with van der Waals surface area (Å²) in [6.45, 7) is 0. The van der Waals surface area contributed by atoms with Gasteiger partial charge >= 0.3 is 12.1 Å². The zero-order valence-electron chi connectivity index (χ0n) is 8.75. The van der Waals surface area contributed by atoms with E-state index in [1.54, 1.807) is 0 Å². The van der Waals surface area contributed by atoms with Gasteiger partial charge in [-0.15, -0.1) is 0 Å². The maximum Gasteiger partial charge on any atom is 0.417 e. The lowest BCUT2D eigenvalue weighted by molar-refractivity contribution is -0.139. The first kappa shape index (κ1) is 14.8. The Morgan fingerprint density at radius 2 is 1.83 bits per heavy atom. The van der Waals surface area contributed by atoms with Gasteiger partial charge in [-0.3, -0.25) is 0 Å². The van der Waals surface area contributed by atoms with E-state index < -0.39 is 43.0 Å². The number of hydrogen-bond donors (Lipinski definition) is 1. The second-order valence-electron chi connectivity index (χ2n) is 3.38. The molecule has 0 saturated carbocycles. The van der Waals surface area contributed by atoms with Crippen molar-refractivity contribution in [1.29, 1.82) is 0 Å². The second kappa shape index (κ2) is 4.43. The third-order valence-corrected chi connectivity index (χ3v) is 3.67. The molecule has 0 unspecified atom stereocenters. The fourth-order valence-electron chi connectivity index (χ4n) is 1.31. The monoisotopic (exact) mass is 302 g/mol. The average Bonchev–Trinajstić information content (AvgIpc) is 2.12. The summed E-state index contributed by atoms with van der Waals surface area (Å²) in [5.41, 5.74) is -2.19. The lowest BCUT2D eigenvalue weighted by Gasteiger charge is -2.14. The van der Waals surface area contributed by atoms with E-state index in [9.17, 15) is 26.4 Å². The number of carbonyl (C=O) groups is 1. The highest BCUT2D eigenvalue weighted by Crippen LogP contribution is 2.39. The molecular weight excluding hydrogens is 297 g/mol. The number of hydrogen-bond acceptors (Lipinski definition) is 3. The van der Waals surface area contributed by atoms with Gasteiger partial charge in [-0.25, -0.2) is 13.2 Å². The number of benzene rings is 1. The standard InChI is InChI=1S/C9H6ClF3O4S/c1-18(16,17)7-5(9(11,12)13)3-2-4(6(7)10)8(14)15/h2-3H,1H3,(H,14,15). The van der Waals surface area contributed by atoms with Gasteiger partial charge in [-0.1, -0.05) is 11.6 Å². The largest absolute Gasteiger partial charge is 0.478 e. The number of sulfone groups is 1. The van der Waals surface area contributed by atoms with E-state index in [4.69, 9.17) is 16.7 Å². The summed E-state index contributed by atoms with van der Waals surface area (Å²) in [6.07, 6.45) is -4.42. The van der Waals surface area contributed by atoms with Gasteiger partial charge in [0.25, 0.3) is 0 Å². The molecule has 0 radical (unpaired) electrons. The highest BCUT2D eigenvalue weighted by molar-refractivity contribution is 7.90. The lowest BCUT2D eigenvalue weighted by Crippen LogP contribution is -2.15. The summed E-state index contributed by atoms with van der Waals surface area (Å²) in [5, 5.41) is 7.74. The van der Waals surface area contributed by atoms with Crippen LogP contribution in [0.25, 0.3) is 0 Å². The quantitative estimate of drug-likeness (QED) is 0.911. The van der Waals surface area contributed by atoms with Crippen molar-refractivity contribution in [2.24, 2.45) is 0 Å². The molecule has 1 N–H and O–H groups in total. The molecular formula is C9H6ClF3O4S. The topological polar surface area (TPSA) is 71.4 Å². The molecule has 0 bridgehead atoms. The molecule has 1 rings (SSSR count). The Bertz CT molecular complexity index is 607. The van der Waals surface area contributed by atoms with Gasteiger partial charge < -0.3 is 5.11 Å². The number of aromatic carboxylic acids is 1. The van der Waals surface area contributed by atoms with E-state index >= 15 is 0 Å². The minimum atomic E-state index is -4.95. The smallest absolute Gasteiger partial charge is 0.417 e. The van der Waals surface area contributed by atoms with Crippen LogP contribution in [0.5, 0.6) is 0 Å². The maximum absolute atomic E-state index is 12.6. The van der Waals surface area contributed by atoms with Gasteiger partial charge in [-0.2, -0.15) is 13.2 Å². The number of carboxylic acids is 1. The Morgan fingerprint density at radius 3 is 2.17 bits per heavy atom. The first-order chi connectivity index (χ1) is 7.96. The van der Waals surface area contributed by atoms with Gasteiger partial charge in [0.2, 0.25) is 0 Å². The minimum Gasteiger partial charge on any atom is -0.478 e. The molecule has 0 heterocycles. The third kappa shape index (κ3) is 2.75. The third-order valence-electron chi connectivity index (χ3n) is 2.00. The van der Waals surface area contributed by atoms with Crippen molar-refractivity contribution in [3.63, 3.8) is 0 Å². The van der Waals surface area contributed by atoms with Crippen LogP contribution in [0.3, 0.4) is 0 Å². The molecule has 0 spiro atoms. The molecule has 0 fully saturated rings. The number of rotatable bonds is 2. The summed E-state index contributed by atoms with van der Waals surface area (Å²) in [6, 6.07) is 0.994. The number of halogens is 4. The average molecular weight is 303 g/mol. The van der Waals surface area contributed by atoms with Crippen molar-refractivity contribution in [1.82, 2.24) is 0 Å². The second-order valence-corrected chi connectivity index (χ2v) is 5.71. The summed E-state index contributed by atoms with van der Waals surface area (Å²) in [5.74, 6) is -1.61. The Labute approximate surface area is 105 Å². The van der Waals surface area contributed by atoms with Gasteiger partial charge in [0, 0.05) is 6.26 Å². The summed E-state index contributed by atoms with van der Waals surface area (Å²) < 4.78 is 60.5. The normalized spacial score (nSPS) is 12.5. The van der Waals surface area contributed by atoms with Crippen LogP contribution in [0, 0.1) is 0 Å². The van der Waals surface area contributed by atoms with Gasteiger partial charge in [0.05, 0.1) is 21.0 Å². The van der Waals surface area contributed by atoms with Gasteiger partial charge in [0.15, 0.2) is 9.84 Å². The Balaban J connectivity index is 3.80.